The first-order valence-corrected chi connectivity index (χ1v) is 7.50. The van der Waals surface area contributed by atoms with Crippen molar-refractivity contribution in [3.8, 4) is 0 Å². The molecule has 1 saturated heterocycles. The van der Waals surface area contributed by atoms with E-state index in [1.807, 2.05) is 0 Å². The Hall–Kier alpha value is -0.120. The van der Waals surface area contributed by atoms with Gasteiger partial charge in [0.2, 0.25) is 0 Å². The van der Waals surface area contributed by atoms with Gasteiger partial charge in [-0.15, -0.1) is 0 Å². The summed E-state index contributed by atoms with van der Waals surface area (Å²) in [6.45, 7) is 1.22. The molecule has 1 aliphatic heterocycles. The second-order valence-electron chi connectivity index (χ2n) is 6.25. The molecule has 3 heteroatoms. The van der Waals surface area contributed by atoms with Gasteiger partial charge in [-0.2, -0.15) is 0 Å². The summed E-state index contributed by atoms with van der Waals surface area (Å²) >= 11 is 0. The lowest BCUT2D eigenvalue weighted by molar-refractivity contribution is 0.0535. The molecule has 0 radical (unpaired) electrons. The largest absolute Gasteiger partial charge is 0.393 e. The minimum absolute atomic E-state index is 0.0276. The second-order valence-corrected chi connectivity index (χ2v) is 6.25. The summed E-state index contributed by atoms with van der Waals surface area (Å²) in [7, 11) is 0. The van der Waals surface area contributed by atoms with Crippen molar-refractivity contribution in [2.75, 3.05) is 6.54 Å². The van der Waals surface area contributed by atoms with E-state index in [1.54, 1.807) is 0 Å². The number of hydrogen-bond donors (Lipinski definition) is 3. The molecule has 1 heterocycles. The molecule has 2 aliphatic carbocycles. The first-order chi connectivity index (χ1) is 8.33. The lowest BCUT2D eigenvalue weighted by Crippen LogP contribution is -2.53. The number of rotatable bonds is 3. The molecular weight excluding hydrogens is 212 g/mol. The quantitative estimate of drug-likeness (QED) is 0.696. The van der Waals surface area contributed by atoms with Crippen molar-refractivity contribution >= 4 is 0 Å². The number of piperidine rings is 1. The van der Waals surface area contributed by atoms with E-state index >= 15 is 0 Å². The maximum Gasteiger partial charge on any atom is 0.0570 e. The average Bonchev–Trinajstić information content (AvgIpc) is 2.76. The van der Waals surface area contributed by atoms with Crippen LogP contribution in [0.1, 0.15) is 51.4 Å². The predicted molar refractivity (Wildman–Crippen MR) is 68.9 cm³/mol. The molecule has 3 nitrogen and oxygen atoms in total. The first-order valence-electron chi connectivity index (χ1n) is 7.50. The van der Waals surface area contributed by atoms with Crippen molar-refractivity contribution in [1.29, 1.82) is 0 Å². The average molecular weight is 238 g/mol. The van der Waals surface area contributed by atoms with E-state index in [2.05, 4.69) is 10.6 Å². The van der Waals surface area contributed by atoms with Gasteiger partial charge in [0.1, 0.15) is 0 Å². The molecule has 2 saturated carbocycles. The molecule has 3 unspecified atom stereocenters. The minimum atomic E-state index is -0.0276. The van der Waals surface area contributed by atoms with Gasteiger partial charge in [-0.3, -0.25) is 0 Å². The van der Waals surface area contributed by atoms with E-state index in [-0.39, 0.29) is 6.10 Å². The molecule has 0 aromatic rings. The summed E-state index contributed by atoms with van der Waals surface area (Å²) in [5.41, 5.74) is 0. The molecule has 0 bridgehead atoms. The number of aliphatic hydroxyl groups excluding tert-OH is 1. The Morgan fingerprint density at radius 3 is 2.59 bits per heavy atom. The second kappa shape index (κ2) is 5.25. The van der Waals surface area contributed by atoms with Gasteiger partial charge in [0.05, 0.1) is 6.10 Å². The van der Waals surface area contributed by atoms with E-state index in [9.17, 15) is 5.11 Å². The topological polar surface area (TPSA) is 44.3 Å². The van der Waals surface area contributed by atoms with Crippen molar-refractivity contribution < 1.29 is 5.11 Å². The van der Waals surface area contributed by atoms with Gasteiger partial charge in [-0.05, 0) is 51.0 Å². The Kier molecular flexibility index (Phi) is 3.69. The number of aliphatic hydroxyl groups is 1. The highest BCUT2D eigenvalue weighted by molar-refractivity contribution is 4.96. The molecule has 3 rings (SSSR count). The summed E-state index contributed by atoms with van der Waals surface area (Å²) in [4.78, 5) is 0. The number of nitrogens with one attached hydrogen (secondary N) is 2. The van der Waals surface area contributed by atoms with Crippen LogP contribution < -0.4 is 10.6 Å². The fourth-order valence-corrected chi connectivity index (χ4v) is 3.95. The van der Waals surface area contributed by atoms with Crippen LogP contribution in [0, 0.1) is 5.92 Å². The summed E-state index contributed by atoms with van der Waals surface area (Å²) in [6.07, 6.45) is 10.2. The molecule has 3 fully saturated rings. The molecule has 0 spiro atoms. The zero-order chi connectivity index (χ0) is 11.7. The van der Waals surface area contributed by atoms with Gasteiger partial charge < -0.3 is 15.7 Å². The van der Waals surface area contributed by atoms with E-state index < -0.39 is 0 Å². The summed E-state index contributed by atoms with van der Waals surface area (Å²) < 4.78 is 0. The molecule has 17 heavy (non-hydrogen) atoms. The van der Waals surface area contributed by atoms with Gasteiger partial charge in [0.25, 0.3) is 0 Å². The van der Waals surface area contributed by atoms with Crippen LogP contribution in [0.2, 0.25) is 0 Å². The normalized spacial score (nSPS) is 46.8. The Labute approximate surface area is 104 Å². The highest BCUT2D eigenvalue weighted by Crippen LogP contribution is 2.33. The van der Waals surface area contributed by atoms with Crippen molar-refractivity contribution in [3.63, 3.8) is 0 Å². The molecule has 0 aromatic heterocycles. The first kappa shape index (κ1) is 11.9. The molecule has 3 N–H and O–H groups in total. The van der Waals surface area contributed by atoms with Gasteiger partial charge >= 0.3 is 0 Å². The third-order valence-corrected chi connectivity index (χ3v) is 5.00. The Morgan fingerprint density at radius 2 is 1.88 bits per heavy atom. The summed E-state index contributed by atoms with van der Waals surface area (Å²) in [5, 5.41) is 16.9. The van der Waals surface area contributed by atoms with Crippen LogP contribution in [-0.2, 0) is 0 Å². The Bertz CT molecular complexity index is 247. The zero-order valence-electron chi connectivity index (χ0n) is 10.7. The van der Waals surface area contributed by atoms with Crippen molar-refractivity contribution in [2.45, 2.75) is 75.6 Å². The molecule has 98 valence electrons. The lowest BCUT2D eigenvalue weighted by Gasteiger charge is -2.39. The summed E-state index contributed by atoms with van der Waals surface area (Å²) in [6, 6.07) is 2.07. The van der Waals surface area contributed by atoms with Gasteiger partial charge in [0.15, 0.2) is 0 Å². The van der Waals surface area contributed by atoms with E-state index in [4.69, 9.17) is 0 Å². The Balaban J connectivity index is 1.52. The standard InChI is InChI=1S/C14H26N2O/c17-11-8-10(9-11)16-14-6-3-4-12(14)13-5-1-2-7-15-13/h10-17H,1-9H2. The van der Waals surface area contributed by atoms with Gasteiger partial charge in [0, 0.05) is 18.1 Å². The maximum absolute atomic E-state index is 9.35. The fourth-order valence-electron chi connectivity index (χ4n) is 3.95. The van der Waals surface area contributed by atoms with Gasteiger partial charge in [-0.25, -0.2) is 0 Å². The predicted octanol–water partition coefficient (Wildman–Crippen LogP) is 1.41. The van der Waals surface area contributed by atoms with Crippen LogP contribution in [0.25, 0.3) is 0 Å². The third kappa shape index (κ3) is 2.67. The molecule has 3 atom stereocenters. The lowest BCUT2D eigenvalue weighted by atomic mass is 9.85. The van der Waals surface area contributed by atoms with Crippen LogP contribution in [0.5, 0.6) is 0 Å². The van der Waals surface area contributed by atoms with E-state index in [0.717, 1.165) is 24.8 Å². The minimum Gasteiger partial charge on any atom is -0.393 e. The molecule has 0 amide bonds. The smallest absolute Gasteiger partial charge is 0.0570 e. The van der Waals surface area contributed by atoms with Crippen LogP contribution in [0.4, 0.5) is 0 Å². The maximum atomic E-state index is 9.35. The van der Waals surface area contributed by atoms with E-state index in [1.165, 1.54) is 45.1 Å². The van der Waals surface area contributed by atoms with Crippen LogP contribution >= 0.6 is 0 Å². The van der Waals surface area contributed by atoms with Gasteiger partial charge in [-0.1, -0.05) is 12.8 Å². The molecule has 0 aromatic carbocycles. The molecular formula is C14H26N2O. The van der Waals surface area contributed by atoms with Crippen LogP contribution in [-0.4, -0.2) is 35.9 Å². The molecule has 3 aliphatic rings. The van der Waals surface area contributed by atoms with Crippen molar-refractivity contribution in [2.24, 2.45) is 5.92 Å². The van der Waals surface area contributed by atoms with E-state index in [0.29, 0.717) is 12.1 Å². The highest BCUT2D eigenvalue weighted by Gasteiger charge is 2.37. The zero-order valence-corrected chi connectivity index (χ0v) is 10.7. The third-order valence-electron chi connectivity index (χ3n) is 5.00. The SMILES string of the molecule is OC1CC(NC2CCCC2C2CCCCN2)C1. The van der Waals surface area contributed by atoms with Crippen LogP contribution in [0.15, 0.2) is 0 Å². The van der Waals surface area contributed by atoms with Crippen LogP contribution in [0.3, 0.4) is 0 Å². The highest BCUT2D eigenvalue weighted by atomic mass is 16.3. The van der Waals surface area contributed by atoms with Crippen molar-refractivity contribution in [3.05, 3.63) is 0 Å². The fraction of sp³-hybridized carbons (Fsp3) is 1.00. The monoisotopic (exact) mass is 238 g/mol. The van der Waals surface area contributed by atoms with Crippen molar-refractivity contribution in [1.82, 2.24) is 10.6 Å². The number of hydrogen-bond acceptors (Lipinski definition) is 3. The summed E-state index contributed by atoms with van der Waals surface area (Å²) in [5.74, 6) is 0.841. The Morgan fingerprint density at radius 1 is 1.00 bits per heavy atom.